The number of fused-ring (bicyclic) bond motifs is 13. The number of benzene rings is 6. The number of para-hydroxylation sites is 8. The number of hydrogen-bond donors (Lipinski definition) is 0. The fraction of sp³-hybridized carbons (Fsp3) is 0. The summed E-state index contributed by atoms with van der Waals surface area (Å²) in [6.07, 6.45) is 1.85. The van der Waals surface area contributed by atoms with Gasteiger partial charge in [-0.15, -0.1) is 35.7 Å². The molecule has 0 atom stereocenters. The SMILES string of the molecule is [Pt+2].[c-]1c(-n2c3[c-]c(-n4c5ccccc5n5c6ccccc6nc45)ccc3c3cccnc32)cccc1-n1c2ccccc2n2c3ccccc3nc12. The Morgan fingerprint density at radius 3 is 1.54 bits per heavy atom. The molecule has 0 amide bonds. The topological polar surface area (TPSA) is 62.3 Å². The maximum atomic E-state index is 5.11. The number of pyridine rings is 1. The number of nitrogens with zero attached hydrogens (tertiary/aromatic N) is 8. The van der Waals surface area contributed by atoms with Crippen molar-refractivity contribution in [1.82, 2.24) is 37.5 Å². The second-order valence-electron chi connectivity index (χ2n) is 12.9. The van der Waals surface area contributed by atoms with E-state index in [1.165, 1.54) is 0 Å². The molecule has 0 aliphatic heterocycles. The van der Waals surface area contributed by atoms with E-state index in [0.29, 0.717) is 0 Å². The molecule has 0 radical (unpaired) electrons. The van der Waals surface area contributed by atoms with Gasteiger partial charge >= 0.3 is 21.1 Å². The minimum atomic E-state index is 0. The van der Waals surface area contributed by atoms with Gasteiger partial charge in [0.1, 0.15) is 5.65 Å². The average Bonchev–Trinajstić information content (AvgIpc) is 3.97. The van der Waals surface area contributed by atoms with Crippen LogP contribution in [-0.4, -0.2) is 37.5 Å². The zero-order valence-electron chi connectivity index (χ0n) is 27.3. The van der Waals surface area contributed by atoms with Crippen molar-refractivity contribution < 1.29 is 21.1 Å². The van der Waals surface area contributed by atoms with Gasteiger partial charge in [0.15, 0.2) is 0 Å². The van der Waals surface area contributed by atoms with Crippen LogP contribution >= 0.6 is 0 Å². The minimum absolute atomic E-state index is 0. The van der Waals surface area contributed by atoms with Crippen LogP contribution < -0.4 is 0 Å². The fourth-order valence-electron chi connectivity index (χ4n) is 8.00. The van der Waals surface area contributed by atoms with Crippen LogP contribution in [0.2, 0.25) is 0 Å². The van der Waals surface area contributed by atoms with Crippen molar-refractivity contribution in [1.29, 1.82) is 0 Å². The predicted molar refractivity (Wildman–Crippen MR) is 202 cm³/mol. The Hall–Kier alpha value is -6.50. The first-order chi connectivity index (χ1) is 25.3. The van der Waals surface area contributed by atoms with E-state index in [9.17, 15) is 0 Å². The van der Waals surface area contributed by atoms with Crippen LogP contribution in [0.5, 0.6) is 0 Å². The molecule has 0 saturated heterocycles. The molecule has 0 aliphatic carbocycles. The largest absolute Gasteiger partial charge is 2.00 e. The molecule has 12 aromatic rings. The zero-order valence-corrected chi connectivity index (χ0v) is 29.5. The van der Waals surface area contributed by atoms with E-state index in [-0.39, 0.29) is 21.1 Å². The third-order valence-corrected chi connectivity index (χ3v) is 10.1. The number of rotatable bonds is 3. The molecule has 6 aromatic carbocycles. The third-order valence-electron chi connectivity index (χ3n) is 10.1. The van der Waals surface area contributed by atoms with Crippen LogP contribution in [0, 0.1) is 12.1 Å². The van der Waals surface area contributed by atoms with Gasteiger partial charge in [0, 0.05) is 6.20 Å². The second-order valence-corrected chi connectivity index (χ2v) is 12.9. The fourth-order valence-corrected chi connectivity index (χ4v) is 8.00. The first-order valence-electron chi connectivity index (χ1n) is 16.9. The summed E-state index contributed by atoms with van der Waals surface area (Å²) < 4.78 is 11.0. The van der Waals surface area contributed by atoms with Crippen LogP contribution in [0.15, 0.2) is 146 Å². The molecule has 0 N–H and O–H groups in total. The van der Waals surface area contributed by atoms with E-state index in [4.69, 9.17) is 15.0 Å². The normalized spacial score (nSPS) is 12.1. The van der Waals surface area contributed by atoms with Gasteiger partial charge < -0.3 is 13.7 Å². The van der Waals surface area contributed by atoms with Crippen LogP contribution in [0.25, 0.3) is 94.7 Å². The molecule has 0 spiro atoms. The van der Waals surface area contributed by atoms with Gasteiger partial charge in [0.25, 0.3) is 0 Å². The number of aromatic nitrogens is 8. The summed E-state index contributed by atoms with van der Waals surface area (Å²) >= 11 is 0. The van der Waals surface area contributed by atoms with Crippen LogP contribution in [0.1, 0.15) is 0 Å². The van der Waals surface area contributed by atoms with Crippen LogP contribution in [0.3, 0.4) is 0 Å². The van der Waals surface area contributed by atoms with Gasteiger partial charge in [-0.05, 0) is 60.0 Å². The first-order valence-corrected chi connectivity index (χ1v) is 16.9. The molecule has 12 rings (SSSR count). The first kappa shape index (κ1) is 29.2. The Balaban J connectivity index is 0.00000320. The summed E-state index contributed by atoms with van der Waals surface area (Å²) in [6.45, 7) is 0. The molecule has 6 aromatic heterocycles. The second kappa shape index (κ2) is 10.8. The maximum Gasteiger partial charge on any atom is 2.00 e. The molecule has 52 heavy (non-hydrogen) atoms. The van der Waals surface area contributed by atoms with Crippen LogP contribution in [0.4, 0.5) is 0 Å². The molecular weight excluding hydrogens is 824 g/mol. The van der Waals surface area contributed by atoms with E-state index in [2.05, 4.69) is 156 Å². The third kappa shape index (κ3) is 3.82. The maximum absolute atomic E-state index is 5.11. The summed E-state index contributed by atoms with van der Waals surface area (Å²) in [5, 5.41) is 2.12. The van der Waals surface area contributed by atoms with E-state index in [1.54, 1.807) is 0 Å². The summed E-state index contributed by atoms with van der Waals surface area (Å²) in [7, 11) is 0. The van der Waals surface area contributed by atoms with Crippen molar-refractivity contribution >= 4 is 77.6 Å². The Kier molecular flexibility index (Phi) is 6.05. The van der Waals surface area contributed by atoms with Gasteiger partial charge in [0.05, 0.1) is 44.1 Å². The Morgan fingerprint density at radius 1 is 0.404 bits per heavy atom. The molecule has 9 heteroatoms. The average molecular weight is 848 g/mol. The summed E-state index contributed by atoms with van der Waals surface area (Å²) in [5.74, 6) is 1.69. The molecule has 0 fully saturated rings. The summed E-state index contributed by atoms with van der Waals surface area (Å²) in [6, 6.07) is 55.8. The van der Waals surface area contributed by atoms with Gasteiger partial charge in [0.2, 0.25) is 11.6 Å². The van der Waals surface area contributed by atoms with E-state index in [0.717, 1.165) is 94.7 Å². The van der Waals surface area contributed by atoms with Crippen molar-refractivity contribution in [2.24, 2.45) is 0 Å². The monoisotopic (exact) mass is 847 g/mol. The van der Waals surface area contributed by atoms with E-state index in [1.807, 2.05) is 24.4 Å². The van der Waals surface area contributed by atoms with Crippen molar-refractivity contribution in [2.45, 2.75) is 0 Å². The van der Waals surface area contributed by atoms with Crippen molar-refractivity contribution in [2.75, 3.05) is 0 Å². The van der Waals surface area contributed by atoms with E-state index >= 15 is 0 Å². The van der Waals surface area contributed by atoms with Gasteiger partial charge in [-0.1, -0.05) is 77.2 Å². The number of hydrogen-bond acceptors (Lipinski definition) is 3. The Morgan fingerprint density at radius 2 is 0.923 bits per heavy atom. The van der Waals surface area contributed by atoms with Crippen molar-refractivity contribution in [3.63, 3.8) is 0 Å². The molecule has 0 unspecified atom stereocenters. The Labute approximate surface area is 309 Å². The molecular formula is C43H24N8Pt. The zero-order chi connectivity index (χ0) is 33.2. The van der Waals surface area contributed by atoms with Crippen LogP contribution in [-0.2, 0) is 21.1 Å². The Bertz CT molecular complexity index is 3390. The summed E-state index contributed by atoms with van der Waals surface area (Å²) in [5.41, 5.74) is 12.8. The van der Waals surface area contributed by atoms with Gasteiger partial charge in [-0.25, -0.2) is 15.0 Å². The van der Waals surface area contributed by atoms with Crippen molar-refractivity contribution in [3.05, 3.63) is 158 Å². The smallest absolute Gasteiger partial charge is 0.343 e. The quantitative estimate of drug-likeness (QED) is 0.167. The van der Waals surface area contributed by atoms with E-state index < -0.39 is 0 Å². The minimum Gasteiger partial charge on any atom is -0.343 e. The molecule has 246 valence electrons. The molecule has 8 nitrogen and oxygen atoms in total. The predicted octanol–water partition coefficient (Wildman–Crippen LogP) is 9.27. The van der Waals surface area contributed by atoms with Gasteiger partial charge in [-0.3, -0.25) is 8.80 Å². The number of imidazole rings is 4. The van der Waals surface area contributed by atoms with Gasteiger partial charge in [-0.2, -0.15) is 12.1 Å². The molecule has 0 bridgehead atoms. The standard InChI is InChI=1S/C43H24N8.Pt/c1-3-16-34-32(14-1)45-42-48(36-18-5-7-20-38(36)50(34)42)28-12-9-11-27(25-28)47-40-26-29(22-23-30(40)31-13-10-24-44-41(31)47)49-37-19-6-8-21-39(37)51-35-17-4-2-15-33(35)46-43(49)51;/h1-24H;/q-2;+2. The molecule has 6 heterocycles. The molecule has 0 aliphatic rings. The van der Waals surface area contributed by atoms with Crippen molar-refractivity contribution in [3.8, 4) is 17.1 Å². The molecule has 0 saturated carbocycles. The summed E-state index contributed by atoms with van der Waals surface area (Å²) in [4.78, 5) is 15.1.